The number of fused-ring (bicyclic) bond motifs is 1. The summed E-state index contributed by atoms with van der Waals surface area (Å²) in [7, 11) is 0. The van der Waals surface area contributed by atoms with Gasteiger partial charge in [0, 0.05) is 34.2 Å². The molecule has 0 aliphatic rings. The minimum atomic E-state index is 0.598. The lowest BCUT2D eigenvalue weighted by Gasteiger charge is -2.06. The van der Waals surface area contributed by atoms with E-state index in [4.69, 9.17) is 11.6 Å². The first kappa shape index (κ1) is 18.1. The topological polar surface area (TPSA) is 28.7 Å². The number of nitriles is 1. The van der Waals surface area contributed by atoms with Gasteiger partial charge < -0.3 is 4.57 Å². The summed E-state index contributed by atoms with van der Waals surface area (Å²) in [6, 6.07) is 26.6. The number of benzene rings is 3. The van der Waals surface area contributed by atoms with Crippen molar-refractivity contribution < 1.29 is 0 Å². The van der Waals surface area contributed by atoms with Crippen molar-refractivity contribution >= 4 is 34.2 Å². The zero-order valence-electron chi connectivity index (χ0n) is 15.6. The molecule has 0 fully saturated rings. The maximum absolute atomic E-state index is 9.70. The average Bonchev–Trinajstić information content (AvgIpc) is 3.05. The van der Waals surface area contributed by atoms with Crippen LogP contribution in [0.1, 0.15) is 22.3 Å². The normalized spacial score (nSPS) is 11.5. The first-order chi connectivity index (χ1) is 13.6. The van der Waals surface area contributed by atoms with Crippen LogP contribution in [0.15, 0.2) is 79.0 Å². The third-order valence-electron chi connectivity index (χ3n) is 4.85. The van der Waals surface area contributed by atoms with E-state index in [1.807, 2.05) is 42.5 Å². The van der Waals surface area contributed by atoms with Crippen molar-refractivity contribution in [3.63, 3.8) is 0 Å². The summed E-state index contributed by atoms with van der Waals surface area (Å²) in [5, 5.41) is 11.5. The average molecular weight is 383 g/mol. The van der Waals surface area contributed by atoms with E-state index in [9.17, 15) is 5.26 Å². The van der Waals surface area contributed by atoms with Gasteiger partial charge in [-0.2, -0.15) is 5.26 Å². The molecule has 2 nitrogen and oxygen atoms in total. The molecule has 0 atom stereocenters. The molecule has 0 N–H and O–H groups in total. The van der Waals surface area contributed by atoms with Crippen molar-refractivity contribution in [1.29, 1.82) is 5.26 Å². The Morgan fingerprint density at radius 2 is 1.82 bits per heavy atom. The van der Waals surface area contributed by atoms with Crippen molar-refractivity contribution in [2.24, 2.45) is 0 Å². The van der Waals surface area contributed by atoms with Crippen LogP contribution >= 0.6 is 11.6 Å². The Hall–Kier alpha value is -3.28. The SMILES string of the molecule is Cc1ccc(Cn2cc(/C=C(\C#N)c3cccc(Cl)c3)c3ccccc32)cc1. The molecule has 3 aromatic carbocycles. The Labute approximate surface area is 169 Å². The van der Waals surface area contributed by atoms with Crippen LogP contribution in [0, 0.1) is 18.3 Å². The largest absolute Gasteiger partial charge is 0.342 e. The van der Waals surface area contributed by atoms with Gasteiger partial charge in [-0.25, -0.2) is 0 Å². The highest BCUT2D eigenvalue weighted by Crippen LogP contribution is 2.27. The van der Waals surface area contributed by atoms with Crippen LogP contribution in [-0.2, 0) is 6.54 Å². The number of halogens is 1. The predicted octanol–water partition coefficient (Wildman–Crippen LogP) is 6.72. The first-order valence-corrected chi connectivity index (χ1v) is 9.53. The molecule has 1 heterocycles. The number of para-hydroxylation sites is 1. The fourth-order valence-corrected chi connectivity index (χ4v) is 3.59. The van der Waals surface area contributed by atoms with Crippen molar-refractivity contribution in [2.45, 2.75) is 13.5 Å². The predicted molar refractivity (Wildman–Crippen MR) is 117 cm³/mol. The maximum Gasteiger partial charge on any atom is 0.0998 e. The highest BCUT2D eigenvalue weighted by atomic mass is 35.5. The van der Waals surface area contributed by atoms with Gasteiger partial charge in [-0.1, -0.05) is 71.8 Å². The Balaban J connectivity index is 1.79. The van der Waals surface area contributed by atoms with E-state index < -0.39 is 0 Å². The van der Waals surface area contributed by atoms with E-state index >= 15 is 0 Å². The summed E-state index contributed by atoms with van der Waals surface area (Å²) in [5.74, 6) is 0. The maximum atomic E-state index is 9.70. The number of aromatic nitrogens is 1. The third-order valence-corrected chi connectivity index (χ3v) is 5.08. The van der Waals surface area contributed by atoms with Gasteiger partial charge in [0.15, 0.2) is 0 Å². The molecule has 0 amide bonds. The molecule has 0 bridgehead atoms. The lowest BCUT2D eigenvalue weighted by Crippen LogP contribution is -1.97. The second kappa shape index (κ2) is 7.76. The molecule has 0 unspecified atom stereocenters. The highest BCUT2D eigenvalue weighted by Gasteiger charge is 2.09. The van der Waals surface area contributed by atoms with Crippen molar-refractivity contribution in [2.75, 3.05) is 0 Å². The molecule has 0 aliphatic carbocycles. The van der Waals surface area contributed by atoms with Gasteiger partial charge in [0.1, 0.15) is 0 Å². The van der Waals surface area contributed by atoms with Gasteiger partial charge in [0.25, 0.3) is 0 Å². The van der Waals surface area contributed by atoms with Crippen LogP contribution in [-0.4, -0.2) is 4.57 Å². The first-order valence-electron chi connectivity index (χ1n) is 9.15. The molecular formula is C25H19ClN2. The van der Waals surface area contributed by atoms with E-state index in [-0.39, 0.29) is 0 Å². The van der Waals surface area contributed by atoms with E-state index in [0.29, 0.717) is 10.6 Å². The monoisotopic (exact) mass is 382 g/mol. The van der Waals surface area contributed by atoms with E-state index in [2.05, 4.69) is 60.2 Å². The lowest BCUT2D eigenvalue weighted by molar-refractivity contribution is 0.836. The van der Waals surface area contributed by atoms with Gasteiger partial charge in [-0.05, 0) is 42.3 Å². The lowest BCUT2D eigenvalue weighted by atomic mass is 10.0. The summed E-state index contributed by atoms with van der Waals surface area (Å²) in [6.07, 6.45) is 4.06. The fraction of sp³-hybridized carbons (Fsp3) is 0.0800. The standard InChI is InChI=1S/C25H19ClN2/c1-18-9-11-19(12-10-18)16-28-17-22(24-7-2-3-8-25(24)28)13-21(15-27)20-5-4-6-23(26)14-20/h2-14,17H,16H2,1H3/b21-13+. The summed E-state index contributed by atoms with van der Waals surface area (Å²) in [6.45, 7) is 2.88. The highest BCUT2D eigenvalue weighted by molar-refractivity contribution is 6.30. The van der Waals surface area contributed by atoms with Crippen LogP contribution in [0.25, 0.3) is 22.6 Å². The summed E-state index contributed by atoms with van der Waals surface area (Å²) >= 11 is 6.11. The van der Waals surface area contributed by atoms with Crippen LogP contribution in [0.2, 0.25) is 5.02 Å². The molecule has 4 rings (SSSR count). The molecule has 1 aromatic heterocycles. The molecule has 0 radical (unpaired) electrons. The second-order valence-corrected chi connectivity index (χ2v) is 7.33. The number of rotatable bonds is 4. The van der Waals surface area contributed by atoms with E-state index in [0.717, 1.165) is 28.6 Å². The second-order valence-electron chi connectivity index (χ2n) is 6.90. The molecule has 0 spiro atoms. The summed E-state index contributed by atoms with van der Waals surface area (Å²) in [5.41, 5.74) is 6.10. The van der Waals surface area contributed by atoms with Gasteiger partial charge in [0.2, 0.25) is 0 Å². The zero-order chi connectivity index (χ0) is 19.5. The molecule has 0 saturated carbocycles. The number of hydrogen-bond donors (Lipinski definition) is 0. The minimum absolute atomic E-state index is 0.598. The van der Waals surface area contributed by atoms with E-state index in [1.165, 1.54) is 11.1 Å². The molecule has 4 aromatic rings. The molecule has 136 valence electrons. The molecule has 28 heavy (non-hydrogen) atoms. The van der Waals surface area contributed by atoms with Crippen LogP contribution in [0.5, 0.6) is 0 Å². The summed E-state index contributed by atoms with van der Waals surface area (Å²) in [4.78, 5) is 0. The number of allylic oxidation sites excluding steroid dienone is 1. The van der Waals surface area contributed by atoms with Crippen molar-refractivity contribution in [3.8, 4) is 6.07 Å². The zero-order valence-corrected chi connectivity index (χ0v) is 16.3. The Morgan fingerprint density at radius 1 is 1.04 bits per heavy atom. The minimum Gasteiger partial charge on any atom is -0.342 e. The smallest absolute Gasteiger partial charge is 0.0998 e. The van der Waals surface area contributed by atoms with Crippen LogP contribution in [0.3, 0.4) is 0 Å². The Morgan fingerprint density at radius 3 is 2.57 bits per heavy atom. The molecule has 0 saturated heterocycles. The van der Waals surface area contributed by atoms with Crippen LogP contribution < -0.4 is 0 Å². The molecule has 3 heteroatoms. The van der Waals surface area contributed by atoms with Crippen LogP contribution in [0.4, 0.5) is 0 Å². The molecular weight excluding hydrogens is 364 g/mol. The molecule has 0 aliphatic heterocycles. The third kappa shape index (κ3) is 3.71. The van der Waals surface area contributed by atoms with Gasteiger partial charge >= 0.3 is 0 Å². The number of aryl methyl sites for hydroxylation is 1. The quantitative estimate of drug-likeness (QED) is 0.360. The van der Waals surface area contributed by atoms with Crippen molar-refractivity contribution in [3.05, 3.63) is 106 Å². The number of nitrogens with zero attached hydrogens (tertiary/aromatic N) is 2. The van der Waals surface area contributed by atoms with E-state index in [1.54, 1.807) is 0 Å². The van der Waals surface area contributed by atoms with Crippen molar-refractivity contribution in [1.82, 2.24) is 4.57 Å². The fourth-order valence-electron chi connectivity index (χ4n) is 3.40. The Bertz CT molecular complexity index is 1210. The van der Waals surface area contributed by atoms with Gasteiger partial charge in [0.05, 0.1) is 11.6 Å². The Kier molecular flexibility index (Phi) is 5.02. The van der Waals surface area contributed by atoms with Gasteiger partial charge in [-0.3, -0.25) is 0 Å². The van der Waals surface area contributed by atoms with Gasteiger partial charge in [-0.15, -0.1) is 0 Å². The number of hydrogen-bond acceptors (Lipinski definition) is 1. The summed E-state index contributed by atoms with van der Waals surface area (Å²) < 4.78 is 2.23.